The summed E-state index contributed by atoms with van der Waals surface area (Å²) in [6.07, 6.45) is 0.825. The normalized spacial score (nSPS) is 26.0. The Morgan fingerprint density at radius 3 is 2.74 bits per heavy atom. The van der Waals surface area contributed by atoms with Crippen LogP contribution in [0.2, 0.25) is 0 Å². The highest BCUT2D eigenvalue weighted by Gasteiger charge is 2.59. The highest BCUT2D eigenvalue weighted by atomic mass is 32.1. The first-order chi connectivity index (χ1) is 10.7. The van der Waals surface area contributed by atoms with E-state index in [0.717, 1.165) is 11.9 Å². The number of hydrogen-bond acceptors (Lipinski definition) is 4. The van der Waals surface area contributed by atoms with Gasteiger partial charge in [0, 0.05) is 31.2 Å². The van der Waals surface area contributed by atoms with Crippen molar-refractivity contribution in [2.75, 3.05) is 14.2 Å². The maximum Gasteiger partial charge on any atom is 0.266 e. The second-order valence-electron chi connectivity index (χ2n) is 7.02. The second-order valence-corrected chi connectivity index (χ2v) is 7.39. The number of carbonyl (C=O) groups is 1. The zero-order valence-corrected chi connectivity index (χ0v) is 14.9. The minimum absolute atomic E-state index is 0.0227. The van der Waals surface area contributed by atoms with Crippen LogP contribution >= 0.6 is 12.2 Å². The molecule has 23 heavy (non-hydrogen) atoms. The molecule has 1 aromatic heterocycles. The summed E-state index contributed by atoms with van der Waals surface area (Å²) in [5, 5.41) is 0. The Balaban J connectivity index is 1.86. The van der Waals surface area contributed by atoms with Crippen LogP contribution in [0.3, 0.4) is 0 Å². The van der Waals surface area contributed by atoms with Gasteiger partial charge in [0.1, 0.15) is 0 Å². The van der Waals surface area contributed by atoms with Gasteiger partial charge >= 0.3 is 0 Å². The molecule has 0 unspecified atom stereocenters. The molecule has 1 aromatic carbocycles. The molecule has 1 N–H and O–H groups in total. The van der Waals surface area contributed by atoms with Gasteiger partial charge in [0.15, 0.2) is 5.58 Å². The Hall–Kier alpha value is -1.66. The average molecular weight is 334 g/mol. The molecule has 1 aliphatic carbocycles. The van der Waals surface area contributed by atoms with Crippen LogP contribution in [0.4, 0.5) is 0 Å². The number of methoxy groups -OCH3 is 1. The van der Waals surface area contributed by atoms with Gasteiger partial charge in [0.25, 0.3) is 10.7 Å². The summed E-state index contributed by atoms with van der Waals surface area (Å²) in [6, 6.07) is 5.49. The summed E-state index contributed by atoms with van der Waals surface area (Å²) >= 11 is 4.98. The van der Waals surface area contributed by atoms with Crippen LogP contribution in [-0.4, -0.2) is 41.6 Å². The topological polar surface area (TPSA) is 58.5 Å². The second kappa shape index (κ2) is 5.18. The van der Waals surface area contributed by atoms with Crippen LogP contribution in [0.25, 0.3) is 11.1 Å². The molecule has 124 valence electrons. The van der Waals surface area contributed by atoms with Crippen LogP contribution in [0.15, 0.2) is 22.6 Å². The van der Waals surface area contributed by atoms with Crippen molar-refractivity contribution in [2.45, 2.75) is 38.8 Å². The van der Waals surface area contributed by atoms with Gasteiger partial charge in [-0.25, -0.2) is 0 Å². The number of aromatic amines is 1. The van der Waals surface area contributed by atoms with E-state index >= 15 is 0 Å². The Morgan fingerprint density at radius 1 is 1.43 bits per heavy atom. The van der Waals surface area contributed by atoms with Crippen molar-refractivity contribution in [3.05, 3.63) is 28.6 Å². The minimum atomic E-state index is -0.205. The van der Waals surface area contributed by atoms with E-state index in [4.69, 9.17) is 21.4 Å². The first-order valence-corrected chi connectivity index (χ1v) is 8.05. The lowest BCUT2D eigenvalue weighted by atomic mass is 9.55. The third kappa shape index (κ3) is 2.32. The van der Waals surface area contributed by atoms with Gasteiger partial charge < -0.3 is 19.0 Å². The molecule has 2 atom stereocenters. The smallest absolute Gasteiger partial charge is 0.266 e. The fourth-order valence-corrected chi connectivity index (χ4v) is 3.70. The number of fused-ring (bicyclic) bond motifs is 1. The van der Waals surface area contributed by atoms with Crippen molar-refractivity contribution in [2.24, 2.45) is 5.41 Å². The lowest BCUT2D eigenvalue weighted by molar-refractivity contribution is -0.198. The van der Waals surface area contributed by atoms with Crippen LogP contribution in [0, 0.1) is 10.3 Å². The van der Waals surface area contributed by atoms with Crippen LogP contribution < -0.4 is 0 Å². The molecule has 1 fully saturated rings. The number of benzene rings is 1. The van der Waals surface area contributed by atoms with E-state index in [1.165, 1.54) is 0 Å². The molecule has 6 heteroatoms. The predicted molar refractivity (Wildman–Crippen MR) is 91.1 cm³/mol. The highest BCUT2D eigenvalue weighted by molar-refractivity contribution is 7.71. The zero-order valence-electron chi connectivity index (χ0n) is 14.1. The predicted octanol–water partition coefficient (Wildman–Crippen LogP) is 3.77. The monoisotopic (exact) mass is 334 g/mol. The summed E-state index contributed by atoms with van der Waals surface area (Å²) in [6.45, 7) is 6.38. The standard InChI is InChI=1S/C17H22N2O3S/c1-16(2)13(9-17(16,3)21-5)19(4)14(20)10-6-7-11-12(8-10)22-15(23)18-11/h6-8,13H,9H2,1-5H3,(H,18,23)/t13-,17-/m0/s1. The Morgan fingerprint density at radius 2 is 2.13 bits per heavy atom. The SMILES string of the molecule is CO[C@@]1(C)C[C@H](N(C)C(=O)c2ccc3[nH]c(=S)oc3c2)C1(C)C. The van der Waals surface area contributed by atoms with Crippen LogP contribution in [-0.2, 0) is 4.74 Å². The number of carbonyl (C=O) groups excluding carboxylic acids is 1. The molecule has 0 spiro atoms. The summed E-state index contributed by atoms with van der Waals surface area (Å²) in [7, 11) is 3.58. The number of amides is 1. The summed E-state index contributed by atoms with van der Waals surface area (Å²) in [5.74, 6) is -0.0227. The summed E-state index contributed by atoms with van der Waals surface area (Å²) < 4.78 is 11.0. The van der Waals surface area contributed by atoms with E-state index in [2.05, 4.69) is 25.8 Å². The molecule has 1 heterocycles. The fourth-order valence-electron chi connectivity index (χ4n) is 3.50. The molecule has 0 saturated heterocycles. The number of nitrogens with zero attached hydrogens (tertiary/aromatic N) is 1. The molecule has 1 aliphatic rings. The summed E-state index contributed by atoms with van der Waals surface area (Å²) in [4.78, 5) is 17.9. The molecule has 5 nitrogen and oxygen atoms in total. The number of aromatic nitrogens is 1. The number of rotatable bonds is 3. The van der Waals surface area contributed by atoms with Gasteiger partial charge in [0.05, 0.1) is 11.1 Å². The molecular formula is C17H22N2O3S. The molecule has 0 bridgehead atoms. The van der Waals surface area contributed by atoms with Crippen molar-refractivity contribution in [1.29, 1.82) is 0 Å². The molecule has 1 saturated carbocycles. The number of nitrogens with one attached hydrogen (secondary N) is 1. The van der Waals surface area contributed by atoms with Crippen LogP contribution in [0.5, 0.6) is 0 Å². The third-order valence-corrected chi connectivity index (χ3v) is 5.87. The Bertz CT molecular complexity index is 823. The Kier molecular flexibility index (Phi) is 3.65. The maximum absolute atomic E-state index is 12.8. The van der Waals surface area contributed by atoms with Crippen molar-refractivity contribution in [3.63, 3.8) is 0 Å². The lowest BCUT2D eigenvalue weighted by Crippen LogP contribution is -2.68. The van der Waals surface area contributed by atoms with Gasteiger partial charge in [-0.3, -0.25) is 4.79 Å². The molecule has 2 aromatic rings. The van der Waals surface area contributed by atoms with E-state index in [1.54, 1.807) is 19.2 Å². The van der Waals surface area contributed by atoms with Crippen molar-refractivity contribution < 1.29 is 13.9 Å². The van der Waals surface area contributed by atoms with E-state index in [0.29, 0.717) is 16.0 Å². The van der Waals surface area contributed by atoms with Gasteiger partial charge in [-0.2, -0.15) is 0 Å². The maximum atomic E-state index is 12.8. The molecular weight excluding hydrogens is 312 g/mol. The van der Waals surface area contributed by atoms with E-state index in [-0.39, 0.29) is 23.0 Å². The van der Waals surface area contributed by atoms with Gasteiger partial charge in [0.2, 0.25) is 0 Å². The zero-order chi connectivity index (χ0) is 17.0. The number of hydrogen-bond donors (Lipinski definition) is 1. The third-order valence-electron chi connectivity index (χ3n) is 5.69. The largest absolute Gasteiger partial charge is 0.429 e. The fraction of sp³-hybridized carbons (Fsp3) is 0.529. The van der Waals surface area contributed by atoms with Gasteiger partial charge in [-0.05, 0) is 43.8 Å². The van der Waals surface area contributed by atoms with E-state index in [9.17, 15) is 4.79 Å². The number of ether oxygens (including phenoxy) is 1. The first kappa shape index (κ1) is 16.2. The van der Waals surface area contributed by atoms with E-state index in [1.807, 2.05) is 18.0 Å². The van der Waals surface area contributed by atoms with Gasteiger partial charge in [-0.1, -0.05) is 13.8 Å². The molecule has 3 rings (SSSR count). The quantitative estimate of drug-likeness (QED) is 0.868. The van der Waals surface area contributed by atoms with E-state index < -0.39 is 0 Å². The molecule has 1 amide bonds. The molecule has 0 aliphatic heterocycles. The van der Waals surface area contributed by atoms with Gasteiger partial charge in [-0.15, -0.1) is 0 Å². The minimum Gasteiger partial charge on any atom is -0.429 e. The highest BCUT2D eigenvalue weighted by Crippen LogP contribution is 2.53. The number of oxazole rings is 1. The summed E-state index contributed by atoms with van der Waals surface area (Å²) in [5.41, 5.74) is 1.68. The lowest BCUT2D eigenvalue weighted by Gasteiger charge is -2.61. The first-order valence-electron chi connectivity index (χ1n) is 7.65. The molecule has 0 radical (unpaired) electrons. The van der Waals surface area contributed by atoms with Crippen LogP contribution in [0.1, 0.15) is 37.6 Å². The van der Waals surface area contributed by atoms with Crippen molar-refractivity contribution >= 4 is 29.2 Å². The van der Waals surface area contributed by atoms with Crippen molar-refractivity contribution in [1.82, 2.24) is 9.88 Å². The number of H-pyrrole nitrogens is 1. The van der Waals surface area contributed by atoms with Crippen molar-refractivity contribution in [3.8, 4) is 0 Å². The Labute approximate surface area is 140 Å². The average Bonchev–Trinajstić information content (AvgIpc) is 2.89.